The van der Waals surface area contributed by atoms with Gasteiger partial charge in [-0.2, -0.15) is 0 Å². The average Bonchev–Trinajstić information content (AvgIpc) is 2.60. The molecule has 0 spiro atoms. The number of aromatic nitrogens is 2. The first-order chi connectivity index (χ1) is 13.5. The van der Waals surface area contributed by atoms with Crippen LogP contribution < -0.4 is 5.56 Å². The number of carboxylic acid groups (broad SMARTS) is 1. The monoisotopic (exact) mass is 417 g/mol. The van der Waals surface area contributed by atoms with Crippen LogP contribution >= 0.6 is 11.6 Å². The molecule has 1 N–H and O–H groups in total. The molecule has 0 saturated heterocycles. The summed E-state index contributed by atoms with van der Waals surface area (Å²) in [5.74, 6) is -0.342. The maximum Gasteiger partial charge on any atom is 0.408 e. The highest BCUT2D eigenvalue weighted by Gasteiger charge is 2.34. The summed E-state index contributed by atoms with van der Waals surface area (Å²) in [6.45, 7) is 6.94. The molecule has 0 fully saturated rings. The van der Waals surface area contributed by atoms with Crippen molar-refractivity contribution in [2.24, 2.45) is 0 Å². The van der Waals surface area contributed by atoms with Crippen molar-refractivity contribution in [3.05, 3.63) is 69.5 Å². The molecule has 0 aliphatic rings. The maximum atomic E-state index is 13.8. The second kappa shape index (κ2) is 7.48. The number of fused-ring (bicyclic) bond motifs is 1. The summed E-state index contributed by atoms with van der Waals surface area (Å²) in [4.78, 5) is 31.1. The van der Waals surface area contributed by atoms with Gasteiger partial charge in [0.15, 0.2) is 0 Å². The van der Waals surface area contributed by atoms with Crippen LogP contribution in [0.1, 0.15) is 39.6 Å². The Kier molecular flexibility index (Phi) is 5.36. The molecule has 1 atom stereocenters. The minimum absolute atomic E-state index is 0.0959. The van der Waals surface area contributed by atoms with E-state index in [4.69, 9.17) is 11.6 Å². The Hall–Kier alpha value is -2.93. The van der Waals surface area contributed by atoms with Gasteiger partial charge >= 0.3 is 6.09 Å². The molecule has 8 heteroatoms. The summed E-state index contributed by atoms with van der Waals surface area (Å²) in [7, 11) is 0. The van der Waals surface area contributed by atoms with Crippen LogP contribution in [-0.2, 0) is 0 Å². The number of halogens is 2. The predicted octanol–water partition coefficient (Wildman–Crippen LogP) is 5.02. The highest BCUT2D eigenvalue weighted by Crippen LogP contribution is 2.29. The molecule has 0 saturated carbocycles. The summed E-state index contributed by atoms with van der Waals surface area (Å²) < 4.78 is 15.1. The van der Waals surface area contributed by atoms with Gasteiger partial charge in [0.2, 0.25) is 0 Å². The molecular weight excluding hydrogens is 397 g/mol. The second-order valence-electron chi connectivity index (χ2n) is 7.75. The standard InChI is InChI=1S/C21H21ClFN3O3/c1-12(26(20(28)29)21(2,3)4)18-24-17-9-8-14(23)11-16(17)19(27)25(18)15-7-5-6-13(22)10-15/h5-12H,1-4H3,(H,28,29)/t12-/m0/s1. The highest BCUT2D eigenvalue weighted by atomic mass is 35.5. The molecule has 6 nitrogen and oxygen atoms in total. The molecule has 1 aromatic heterocycles. The summed E-state index contributed by atoms with van der Waals surface area (Å²) in [6.07, 6.45) is -1.14. The van der Waals surface area contributed by atoms with Gasteiger partial charge in [0.05, 0.1) is 22.6 Å². The molecule has 152 valence electrons. The van der Waals surface area contributed by atoms with E-state index >= 15 is 0 Å². The van der Waals surface area contributed by atoms with Gasteiger partial charge < -0.3 is 5.11 Å². The van der Waals surface area contributed by atoms with E-state index in [1.165, 1.54) is 21.6 Å². The van der Waals surface area contributed by atoms with Crippen molar-refractivity contribution in [1.29, 1.82) is 0 Å². The van der Waals surface area contributed by atoms with E-state index < -0.39 is 29.1 Å². The van der Waals surface area contributed by atoms with Gasteiger partial charge in [-0.1, -0.05) is 17.7 Å². The van der Waals surface area contributed by atoms with Crippen LogP contribution in [0.25, 0.3) is 16.6 Å². The molecule has 0 bridgehead atoms. The first-order valence-corrected chi connectivity index (χ1v) is 9.39. The molecule has 0 unspecified atom stereocenters. The van der Waals surface area contributed by atoms with E-state index in [9.17, 15) is 19.1 Å². The SMILES string of the molecule is C[C@@H](c1nc2ccc(F)cc2c(=O)n1-c1cccc(Cl)c1)N(C(=O)O)C(C)(C)C. The van der Waals surface area contributed by atoms with Crippen molar-refractivity contribution in [3.63, 3.8) is 0 Å². The zero-order valence-corrected chi connectivity index (χ0v) is 17.2. The van der Waals surface area contributed by atoms with Gasteiger partial charge in [-0.3, -0.25) is 14.3 Å². The Bertz CT molecular complexity index is 1150. The molecule has 1 amide bonds. The lowest BCUT2D eigenvalue weighted by molar-refractivity contribution is 0.0719. The molecule has 3 rings (SSSR count). The molecule has 2 aromatic carbocycles. The number of hydrogen-bond acceptors (Lipinski definition) is 3. The van der Waals surface area contributed by atoms with Gasteiger partial charge in [0, 0.05) is 10.6 Å². The smallest absolute Gasteiger partial charge is 0.408 e. The third kappa shape index (κ3) is 3.96. The summed E-state index contributed by atoms with van der Waals surface area (Å²) in [6, 6.07) is 9.55. The van der Waals surface area contributed by atoms with E-state index in [2.05, 4.69) is 4.98 Å². The third-order valence-corrected chi connectivity index (χ3v) is 4.85. The Morgan fingerprint density at radius 3 is 2.52 bits per heavy atom. The van der Waals surface area contributed by atoms with Crippen molar-refractivity contribution in [2.75, 3.05) is 0 Å². The zero-order chi connectivity index (χ0) is 21.5. The van der Waals surface area contributed by atoms with Gasteiger partial charge in [0.1, 0.15) is 11.6 Å². The second-order valence-corrected chi connectivity index (χ2v) is 8.19. The third-order valence-electron chi connectivity index (χ3n) is 4.61. The predicted molar refractivity (Wildman–Crippen MR) is 110 cm³/mol. The van der Waals surface area contributed by atoms with E-state index in [0.29, 0.717) is 10.7 Å². The van der Waals surface area contributed by atoms with Gasteiger partial charge in [-0.15, -0.1) is 0 Å². The largest absolute Gasteiger partial charge is 0.465 e. The number of rotatable bonds is 3. The van der Waals surface area contributed by atoms with E-state index in [1.807, 2.05) is 0 Å². The van der Waals surface area contributed by atoms with Crippen LogP contribution in [-0.4, -0.2) is 31.2 Å². The minimum Gasteiger partial charge on any atom is -0.465 e. The first-order valence-electron chi connectivity index (χ1n) is 9.01. The maximum absolute atomic E-state index is 13.8. The highest BCUT2D eigenvalue weighted by molar-refractivity contribution is 6.30. The van der Waals surface area contributed by atoms with Crippen molar-refractivity contribution in [2.45, 2.75) is 39.3 Å². The summed E-state index contributed by atoms with van der Waals surface area (Å²) >= 11 is 6.11. The van der Waals surface area contributed by atoms with Crippen LogP contribution in [0.2, 0.25) is 5.02 Å². The van der Waals surface area contributed by atoms with Crippen LogP contribution in [0.3, 0.4) is 0 Å². The Morgan fingerprint density at radius 2 is 1.93 bits per heavy atom. The minimum atomic E-state index is -1.14. The van der Waals surface area contributed by atoms with E-state index in [1.54, 1.807) is 52.0 Å². The lowest BCUT2D eigenvalue weighted by Crippen LogP contribution is -2.47. The molecule has 0 aliphatic heterocycles. The first kappa shape index (κ1) is 20.8. The summed E-state index contributed by atoms with van der Waals surface area (Å²) in [5, 5.41) is 10.3. The topological polar surface area (TPSA) is 75.4 Å². The van der Waals surface area contributed by atoms with Crippen LogP contribution in [0, 0.1) is 5.82 Å². The number of benzene rings is 2. The van der Waals surface area contributed by atoms with E-state index in [0.717, 1.165) is 6.07 Å². The zero-order valence-electron chi connectivity index (χ0n) is 16.5. The lowest BCUT2D eigenvalue weighted by Gasteiger charge is -2.38. The fourth-order valence-corrected chi connectivity index (χ4v) is 3.65. The van der Waals surface area contributed by atoms with Gasteiger partial charge in [0.25, 0.3) is 5.56 Å². The fraction of sp³-hybridized carbons (Fsp3) is 0.286. The fourth-order valence-electron chi connectivity index (χ4n) is 3.47. The average molecular weight is 418 g/mol. The Balaban J connectivity index is 2.38. The van der Waals surface area contributed by atoms with Crippen molar-refractivity contribution < 1.29 is 14.3 Å². The number of hydrogen-bond donors (Lipinski definition) is 1. The van der Waals surface area contributed by atoms with Crippen LogP contribution in [0.5, 0.6) is 0 Å². The van der Waals surface area contributed by atoms with Crippen LogP contribution in [0.4, 0.5) is 9.18 Å². The molecular formula is C21H21ClFN3O3. The molecule has 0 aliphatic carbocycles. The van der Waals surface area contributed by atoms with Crippen molar-refractivity contribution in [1.82, 2.24) is 14.5 Å². The number of carbonyl (C=O) groups is 1. The Morgan fingerprint density at radius 1 is 1.24 bits per heavy atom. The quantitative estimate of drug-likeness (QED) is 0.649. The molecule has 0 radical (unpaired) electrons. The molecule has 3 aromatic rings. The molecule has 1 heterocycles. The van der Waals surface area contributed by atoms with Gasteiger partial charge in [-0.25, -0.2) is 14.2 Å². The van der Waals surface area contributed by atoms with Crippen LogP contribution in [0.15, 0.2) is 47.3 Å². The van der Waals surface area contributed by atoms with Gasteiger partial charge in [-0.05, 0) is 64.1 Å². The Labute approximate surface area is 172 Å². The summed E-state index contributed by atoms with van der Waals surface area (Å²) in [5.41, 5.74) is -0.546. The normalized spacial score (nSPS) is 12.8. The van der Waals surface area contributed by atoms with Crippen molar-refractivity contribution in [3.8, 4) is 5.69 Å². The van der Waals surface area contributed by atoms with E-state index in [-0.39, 0.29) is 16.7 Å². The number of nitrogens with zero attached hydrogens (tertiary/aromatic N) is 3. The molecule has 29 heavy (non-hydrogen) atoms. The van der Waals surface area contributed by atoms with Crippen molar-refractivity contribution >= 4 is 28.6 Å². The lowest BCUT2D eigenvalue weighted by atomic mass is 10.0. The number of amides is 1.